The van der Waals surface area contributed by atoms with Gasteiger partial charge in [-0.15, -0.1) is 0 Å². The quantitative estimate of drug-likeness (QED) is 0.677. The van der Waals surface area contributed by atoms with E-state index in [1.54, 1.807) is 42.7 Å². The second-order valence-corrected chi connectivity index (χ2v) is 5.44. The third kappa shape index (κ3) is 4.32. The zero-order chi connectivity index (χ0) is 17.6. The Hall–Kier alpha value is -3.41. The van der Waals surface area contributed by atoms with Gasteiger partial charge in [0.2, 0.25) is 0 Å². The second-order valence-electron chi connectivity index (χ2n) is 5.44. The van der Waals surface area contributed by atoms with Gasteiger partial charge in [-0.1, -0.05) is 24.3 Å². The van der Waals surface area contributed by atoms with Crippen LogP contribution in [0, 0.1) is 0 Å². The van der Waals surface area contributed by atoms with E-state index in [2.05, 4.69) is 15.3 Å². The first-order chi connectivity index (χ1) is 12.1. The number of H-pyrrole nitrogens is 1. The molecule has 0 saturated carbocycles. The van der Waals surface area contributed by atoms with Crippen molar-refractivity contribution in [2.75, 3.05) is 11.9 Å². The number of aromatic nitrogens is 2. The number of rotatable bonds is 6. The number of anilines is 1. The summed E-state index contributed by atoms with van der Waals surface area (Å²) in [5.41, 5.74) is 2.07. The molecule has 0 fully saturated rings. The Morgan fingerprint density at radius 1 is 1.16 bits per heavy atom. The highest BCUT2D eigenvalue weighted by Crippen LogP contribution is 2.19. The van der Waals surface area contributed by atoms with Gasteiger partial charge in [0.1, 0.15) is 11.6 Å². The van der Waals surface area contributed by atoms with E-state index in [4.69, 9.17) is 4.74 Å². The maximum Gasteiger partial charge on any atom is 0.262 e. The number of nitrogens with one attached hydrogen (secondary N) is 2. The molecule has 0 spiro atoms. The lowest BCUT2D eigenvalue weighted by Crippen LogP contribution is -2.20. The van der Waals surface area contributed by atoms with Crippen molar-refractivity contribution in [2.24, 2.45) is 0 Å². The van der Waals surface area contributed by atoms with Crippen LogP contribution in [0.5, 0.6) is 5.75 Å². The van der Waals surface area contributed by atoms with Crippen LogP contribution in [0.2, 0.25) is 0 Å². The highest BCUT2D eigenvalue weighted by molar-refractivity contribution is 5.94. The minimum atomic E-state index is -0.287. The number of aromatic amines is 1. The van der Waals surface area contributed by atoms with E-state index in [-0.39, 0.29) is 18.3 Å². The molecule has 126 valence electrons. The molecule has 6 nitrogen and oxygen atoms in total. The smallest absolute Gasteiger partial charge is 0.262 e. The second kappa shape index (κ2) is 7.44. The SMILES string of the molecule is CC(=O)c1cccc(OCC(=O)Nc2cccc(-c3ncc[nH]3)c2)c1. The number of ether oxygens (including phenoxy) is 1. The van der Waals surface area contributed by atoms with Gasteiger partial charge >= 0.3 is 0 Å². The Labute approximate surface area is 144 Å². The summed E-state index contributed by atoms with van der Waals surface area (Å²) in [6, 6.07) is 14.1. The first-order valence-electron chi connectivity index (χ1n) is 7.75. The van der Waals surface area contributed by atoms with E-state index < -0.39 is 0 Å². The summed E-state index contributed by atoms with van der Waals surface area (Å²) in [6.45, 7) is 1.34. The van der Waals surface area contributed by atoms with E-state index in [1.807, 2.05) is 18.2 Å². The zero-order valence-electron chi connectivity index (χ0n) is 13.7. The monoisotopic (exact) mass is 335 g/mol. The van der Waals surface area contributed by atoms with E-state index in [0.717, 1.165) is 11.4 Å². The predicted octanol–water partition coefficient (Wildman–Crippen LogP) is 3.30. The number of amides is 1. The minimum Gasteiger partial charge on any atom is -0.484 e. The molecule has 3 rings (SSSR count). The van der Waals surface area contributed by atoms with Crippen LogP contribution in [0.15, 0.2) is 60.9 Å². The van der Waals surface area contributed by atoms with Gasteiger partial charge in [0.25, 0.3) is 5.91 Å². The van der Waals surface area contributed by atoms with E-state index >= 15 is 0 Å². The summed E-state index contributed by atoms with van der Waals surface area (Å²) in [6.07, 6.45) is 3.41. The van der Waals surface area contributed by atoms with Crippen molar-refractivity contribution in [1.29, 1.82) is 0 Å². The number of benzene rings is 2. The summed E-state index contributed by atoms with van der Waals surface area (Å²) in [5.74, 6) is 0.870. The first kappa shape index (κ1) is 16.4. The molecule has 0 aliphatic carbocycles. The van der Waals surface area contributed by atoms with Crippen LogP contribution >= 0.6 is 0 Å². The average molecular weight is 335 g/mol. The number of imidazole rings is 1. The number of hydrogen-bond acceptors (Lipinski definition) is 4. The van der Waals surface area contributed by atoms with E-state index in [9.17, 15) is 9.59 Å². The molecule has 3 aromatic rings. The van der Waals surface area contributed by atoms with Crippen LogP contribution in [-0.4, -0.2) is 28.3 Å². The van der Waals surface area contributed by atoms with Gasteiger partial charge in [-0.2, -0.15) is 0 Å². The van der Waals surface area contributed by atoms with E-state index in [1.165, 1.54) is 6.92 Å². The maximum atomic E-state index is 12.1. The molecule has 0 saturated heterocycles. The number of hydrogen-bond donors (Lipinski definition) is 2. The molecule has 25 heavy (non-hydrogen) atoms. The molecule has 2 N–H and O–H groups in total. The molecule has 0 radical (unpaired) electrons. The lowest BCUT2D eigenvalue weighted by atomic mass is 10.1. The minimum absolute atomic E-state index is 0.0513. The van der Waals surface area contributed by atoms with Crippen molar-refractivity contribution >= 4 is 17.4 Å². The fourth-order valence-corrected chi connectivity index (χ4v) is 2.32. The molecule has 1 amide bonds. The largest absolute Gasteiger partial charge is 0.484 e. The Balaban J connectivity index is 1.60. The van der Waals surface area contributed by atoms with Gasteiger partial charge in [0.15, 0.2) is 12.4 Å². The predicted molar refractivity (Wildman–Crippen MR) is 94.6 cm³/mol. The van der Waals surface area contributed by atoms with Crippen LogP contribution in [-0.2, 0) is 4.79 Å². The van der Waals surface area contributed by atoms with Crippen LogP contribution in [0.4, 0.5) is 5.69 Å². The van der Waals surface area contributed by atoms with Crippen molar-refractivity contribution in [3.8, 4) is 17.1 Å². The van der Waals surface area contributed by atoms with Crippen molar-refractivity contribution in [1.82, 2.24) is 9.97 Å². The summed E-state index contributed by atoms with van der Waals surface area (Å²) in [4.78, 5) is 30.6. The van der Waals surface area contributed by atoms with Crippen molar-refractivity contribution < 1.29 is 14.3 Å². The third-order valence-electron chi connectivity index (χ3n) is 3.53. The molecule has 0 unspecified atom stereocenters. The highest BCUT2D eigenvalue weighted by atomic mass is 16.5. The fourth-order valence-electron chi connectivity index (χ4n) is 2.32. The topological polar surface area (TPSA) is 84.1 Å². The molecule has 0 atom stereocenters. The standard InChI is InChI=1S/C19H17N3O3/c1-13(23)14-4-3-7-17(11-14)25-12-18(24)22-16-6-2-5-15(10-16)19-20-8-9-21-19/h2-11H,12H2,1H3,(H,20,21)(H,22,24). The van der Waals surface area contributed by atoms with Gasteiger partial charge in [-0.3, -0.25) is 9.59 Å². The van der Waals surface area contributed by atoms with Gasteiger partial charge in [0, 0.05) is 29.2 Å². The third-order valence-corrected chi connectivity index (χ3v) is 3.53. The molecular formula is C19H17N3O3. The molecular weight excluding hydrogens is 318 g/mol. The van der Waals surface area contributed by atoms with Crippen molar-refractivity contribution in [3.05, 3.63) is 66.5 Å². The highest BCUT2D eigenvalue weighted by Gasteiger charge is 2.07. The normalized spacial score (nSPS) is 10.3. The fraction of sp³-hybridized carbons (Fsp3) is 0.105. The molecule has 1 aromatic heterocycles. The summed E-state index contributed by atoms with van der Waals surface area (Å²) in [5, 5.41) is 2.78. The van der Waals surface area contributed by atoms with Gasteiger partial charge in [-0.05, 0) is 31.2 Å². The number of carbonyl (C=O) groups excluding carboxylic acids is 2. The van der Waals surface area contributed by atoms with Crippen LogP contribution in [0.3, 0.4) is 0 Å². The molecule has 1 heterocycles. The summed E-state index contributed by atoms with van der Waals surface area (Å²) >= 11 is 0. The number of carbonyl (C=O) groups is 2. The van der Waals surface area contributed by atoms with E-state index in [0.29, 0.717) is 17.0 Å². The first-order valence-corrected chi connectivity index (χ1v) is 7.75. The molecule has 0 bridgehead atoms. The Morgan fingerprint density at radius 3 is 2.76 bits per heavy atom. The van der Waals surface area contributed by atoms with Crippen LogP contribution in [0.25, 0.3) is 11.4 Å². The number of ketones is 1. The summed E-state index contributed by atoms with van der Waals surface area (Å²) < 4.78 is 5.45. The lowest BCUT2D eigenvalue weighted by Gasteiger charge is -2.09. The van der Waals surface area contributed by atoms with Gasteiger partial charge in [0.05, 0.1) is 0 Å². The summed E-state index contributed by atoms with van der Waals surface area (Å²) in [7, 11) is 0. The number of nitrogens with zero attached hydrogens (tertiary/aromatic N) is 1. The Morgan fingerprint density at radius 2 is 2.00 bits per heavy atom. The zero-order valence-corrected chi connectivity index (χ0v) is 13.7. The van der Waals surface area contributed by atoms with Gasteiger partial charge < -0.3 is 15.0 Å². The van der Waals surface area contributed by atoms with Crippen molar-refractivity contribution in [2.45, 2.75) is 6.92 Å². The average Bonchev–Trinajstić information content (AvgIpc) is 3.15. The molecule has 0 aliphatic heterocycles. The Bertz CT molecular complexity index is 888. The van der Waals surface area contributed by atoms with Crippen LogP contribution < -0.4 is 10.1 Å². The van der Waals surface area contributed by atoms with Crippen LogP contribution in [0.1, 0.15) is 17.3 Å². The number of Topliss-reactive ketones (excluding diaryl/α,β-unsaturated/α-hetero) is 1. The van der Waals surface area contributed by atoms with Gasteiger partial charge in [-0.25, -0.2) is 4.98 Å². The molecule has 6 heteroatoms. The maximum absolute atomic E-state index is 12.1. The molecule has 2 aromatic carbocycles. The molecule has 0 aliphatic rings. The lowest BCUT2D eigenvalue weighted by molar-refractivity contribution is -0.118. The Kier molecular flexibility index (Phi) is 4.89. The van der Waals surface area contributed by atoms with Crippen molar-refractivity contribution in [3.63, 3.8) is 0 Å².